The molecule has 4 heteroatoms. The van der Waals surface area contributed by atoms with Crippen LogP contribution in [0.25, 0.3) is 0 Å². The van der Waals surface area contributed by atoms with Gasteiger partial charge in [0.05, 0.1) is 6.04 Å². The first-order valence-corrected chi connectivity index (χ1v) is 4.00. The Morgan fingerprint density at radius 2 is 2.25 bits per heavy atom. The Kier molecular flexibility index (Phi) is 2.35. The van der Waals surface area contributed by atoms with E-state index in [1.54, 1.807) is 0 Å². The van der Waals surface area contributed by atoms with E-state index < -0.39 is 6.09 Å². The number of carbonyl (C=O) groups is 2. The van der Waals surface area contributed by atoms with Gasteiger partial charge in [0.15, 0.2) is 0 Å². The van der Waals surface area contributed by atoms with Gasteiger partial charge in [0, 0.05) is 6.92 Å². The van der Waals surface area contributed by atoms with Crippen LogP contribution in [0.2, 0.25) is 0 Å². The van der Waals surface area contributed by atoms with Gasteiger partial charge in [-0.25, -0.2) is 9.69 Å². The lowest BCUT2D eigenvalue weighted by Crippen LogP contribution is -2.40. The molecule has 0 radical (unpaired) electrons. The molecule has 0 aliphatic carbocycles. The SMILES string of the molecule is CC(=O)N1C(=O)OC[C@H]1C(C)C. The van der Waals surface area contributed by atoms with Crippen molar-refractivity contribution in [3.05, 3.63) is 0 Å². The van der Waals surface area contributed by atoms with E-state index >= 15 is 0 Å². The summed E-state index contributed by atoms with van der Waals surface area (Å²) in [4.78, 5) is 23.2. The van der Waals surface area contributed by atoms with E-state index in [1.165, 1.54) is 11.8 Å². The molecule has 1 saturated heterocycles. The summed E-state index contributed by atoms with van der Waals surface area (Å²) < 4.78 is 4.77. The van der Waals surface area contributed by atoms with Gasteiger partial charge in [-0.1, -0.05) is 13.8 Å². The number of carbonyl (C=O) groups excluding carboxylic acids is 2. The van der Waals surface area contributed by atoms with Crippen LogP contribution in [0, 0.1) is 5.92 Å². The van der Waals surface area contributed by atoms with Crippen LogP contribution in [0.3, 0.4) is 0 Å². The number of hydrogen-bond acceptors (Lipinski definition) is 3. The van der Waals surface area contributed by atoms with Crippen molar-refractivity contribution in [2.45, 2.75) is 26.8 Å². The van der Waals surface area contributed by atoms with Gasteiger partial charge in [-0.05, 0) is 5.92 Å². The van der Waals surface area contributed by atoms with Crippen molar-refractivity contribution in [2.24, 2.45) is 5.92 Å². The van der Waals surface area contributed by atoms with Crippen molar-refractivity contribution in [1.82, 2.24) is 4.90 Å². The van der Waals surface area contributed by atoms with Gasteiger partial charge in [-0.3, -0.25) is 4.79 Å². The molecule has 1 rings (SSSR count). The maximum atomic E-state index is 11.0. The fourth-order valence-corrected chi connectivity index (χ4v) is 1.29. The highest BCUT2D eigenvalue weighted by molar-refractivity contribution is 5.92. The Morgan fingerprint density at radius 1 is 1.67 bits per heavy atom. The molecule has 0 aromatic carbocycles. The zero-order chi connectivity index (χ0) is 9.30. The fraction of sp³-hybridized carbons (Fsp3) is 0.750. The van der Waals surface area contributed by atoms with E-state index in [4.69, 9.17) is 4.74 Å². The lowest BCUT2D eigenvalue weighted by Gasteiger charge is -2.20. The van der Waals surface area contributed by atoms with Crippen LogP contribution in [-0.2, 0) is 9.53 Å². The zero-order valence-electron chi connectivity index (χ0n) is 7.53. The number of imide groups is 1. The number of ether oxygens (including phenoxy) is 1. The summed E-state index contributed by atoms with van der Waals surface area (Å²) in [6.07, 6.45) is -0.513. The minimum absolute atomic E-state index is 0.0880. The average Bonchev–Trinajstić information content (AvgIpc) is 2.30. The fourth-order valence-electron chi connectivity index (χ4n) is 1.29. The third kappa shape index (κ3) is 1.42. The van der Waals surface area contributed by atoms with Crippen molar-refractivity contribution in [3.63, 3.8) is 0 Å². The molecule has 1 atom stereocenters. The van der Waals surface area contributed by atoms with Crippen LogP contribution < -0.4 is 0 Å². The van der Waals surface area contributed by atoms with Crippen LogP contribution >= 0.6 is 0 Å². The summed E-state index contributed by atoms with van der Waals surface area (Å²) in [6, 6.07) is -0.0880. The number of cyclic esters (lactones) is 1. The van der Waals surface area contributed by atoms with Gasteiger partial charge >= 0.3 is 6.09 Å². The van der Waals surface area contributed by atoms with E-state index in [-0.39, 0.29) is 17.9 Å². The second-order valence-corrected chi connectivity index (χ2v) is 3.28. The maximum Gasteiger partial charge on any atom is 0.416 e. The number of rotatable bonds is 1. The molecule has 0 N–H and O–H groups in total. The summed E-state index contributed by atoms with van der Waals surface area (Å²) in [6.45, 7) is 5.63. The minimum Gasteiger partial charge on any atom is -0.447 e. The van der Waals surface area contributed by atoms with Crippen molar-refractivity contribution >= 4 is 12.0 Å². The molecule has 68 valence electrons. The molecule has 4 nitrogen and oxygen atoms in total. The van der Waals surface area contributed by atoms with Crippen LogP contribution in [0.1, 0.15) is 20.8 Å². The average molecular weight is 171 g/mol. The summed E-state index contributed by atoms with van der Waals surface area (Å²) >= 11 is 0. The molecule has 0 unspecified atom stereocenters. The first-order valence-electron chi connectivity index (χ1n) is 4.00. The third-order valence-electron chi connectivity index (χ3n) is 2.01. The Morgan fingerprint density at radius 3 is 2.58 bits per heavy atom. The molecule has 1 fully saturated rings. The Balaban J connectivity index is 2.77. The minimum atomic E-state index is -0.513. The van der Waals surface area contributed by atoms with E-state index in [0.717, 1.165) is 0 Å². The molecule has 0 saturated carbocycles. The van der Waals surface area contributed by atoms with Crippen LogP contribution in [0.15, 0.2) is 0 Å². The van der Waals surface area contributed by atoms with Crippen LogP contribution in [0.5, 0.6) is 0 Å². The lowest BCUT2D eigenvalue weighted by atomic mass is 10.1. The van der Waals surface area contributed by atoms with Gasteiger partial charge in [-0.2, -0.15) is 0 Å². The van der Waals surface area contributed by atoms with E-state index in [1.807, 2.05) is 13.8 Å². The molecule has 2 amide bonds. The predicted molar refractivity (Wildman–Crippen MR) is 42.5 cm³/mol. The molecule has 0 aromatic heterocycles. The molecule has 1 aliphatic rings. The molecule has 0 spiro atoms. The topological polar surface area (TPSA) is 46.6 Å². The monoisotopic (exact) mass is 171 g/mol. The quantitative estimate of drug-likeness (QED) is 0.591. The zero-order valence-corrected chi connectivity index (χ0v) is 7.53. The predicted octanol–water partition coefficient (Wildman–Crippen LogP) is 1.01. The molecular formula is C8H13NO3. The smallest absolute Gasteiger partial charge is 0.416 e. The number of nitrogens with zero attached hydrogens (tertiary/aromatic N) is 1. The second kappa shape index (κ2) is 3.13. The van der Waals surface area contributed by atoms with Gasteiger partial charge in [0.1, 0.15) is 6.61 Å². The van der Waals surface area contributed by atoms with E-state index in [0.29, 0.717) is 6.61 Å². The third-order valence-corrected chi connectivity index (χ3v) is 2.01. The second-order valence-electron chi connectivity index (χ2n) is 3.28. The summed E-state index contributed by atoms with van der Waals surface area (Å²) in [5.74, 6) is 0.0107. The molecule has 12 heavy (non-hydrogen) atoms. The van der Waals surface area contributed by atoms with Gasteiger partial charge in [0.2, 0.25) is 5.91 Å². The number of hydrogen-bond donors (Lipinski definition) is 0. The Bertz CT molecular complexity index is 212. The lowest BCUT2D eigenvalue weighted by molar-refractivity contribution is -0.127. The van der Waals surface area contributed by atoms with Gasteiger partial charge in [0.25, 0.3) is 0 Å². The summed E-state index contributed by atoms with van der Waals surface area (Å²) in [7, 11) is 0. The van der Waals surface area contributed by atoms with Crippen molar-refractivity contribution < 1.29 is 14.3 Å². The molecule has 0 aromatic rings. The molecular weight excluding hydrogens is 158 g/mol. The van der Waals surface area contributed by atoms with E-state index in [2.05, 4.69) is 0 Å². The highest BCUT2D eigenvalue weighted by Gasteiger charge is 2.37. The highest BCUT2D eigenvalue weighted by Crippen LogP contribution is 2.19. The Labute approximate surface area is 71.5 Å². The first-order chi connectivity index (χ1) is 5.54. The van der Waals surface area contributed by atoms with Gasteiger partial charge < -0.3 is 4.74 Å². The maximum absolute atomic E-state index is 11.0. The van der Waals surface area contributed by atoms with Crippen LogP contribution in [-0.4, -0.2) is 29.5 Å². The number of amides is 2. The molecule has 1 heterocycles. The van der Waals surface area contributed by atoms with Gasteiger partial charge in [-0.15, -0.1) is 0 Å². The summed E-state index contributed by atoms with van der Waals surface area (Å²) in [5.41, 5.74) is 0. The van der Waals surface area contributed by atoms with Crippen molar-refractivity contribution in [1.29, 1.82) is 0 Å². The summed E-state index contributed by atoms with van der Waals surface area (Å²) in [5, 5.41) is 0. The van der Waals surface area contributed by atoms with Crippen LogP contribution in [0.4, 0.5) is 4.79 Å². The highest BCUT2D eigenvalue weighted by atomic mass is 16.6. The largest absolute Gasteiger partial charge is 0.447 e. The van der Waals surface area contributed by atoms with E-state index in [9.17, 15) is 9.59 Å². The Hall–Kier alpha value is -1.06. The first kappa shape index (κ1) is 9.03. The molecule has 1 aliphatic heterocycles. The van der Waals surface area contributed by atoms with Crippen molar-refractivity contribution in [2.75, 3.05) is 6.61 Å². The standard InChI is InChI=1S/C8H13NO3/c1-5(2)7-4-12-8(11)9(7)6(3)10/h5,7H,4H2,1-3H3/t7-/m0/s1. The normalized spacial score (nSPS) is 23.2. The van der Waals surface area contributed by atoms with Crippen molar-refractivity contribution in [3.8, 4) is 0 Å². The molecule has 0 bridgehead atoms.